The molecule has 116 valence electrons. The summed E-state index contributed by atoms with van der Waals surface area (Å²) in [6, 6.07) is 10.6. The van der Waals surface area contributed by atoms with E-state index in [9.17, 15) is 9.59 Å². The van der Waals surface area contributed by atoms with Crippen molar-refractivity contribution in [1.29, 1.82) is 0 Å². The smallest absolute Gasteiger partial charge is 0.321 e. The Morgan fingerprint density at radius 1 is 1.23 bits per heavy atom. The first kappa shape index (κ1) is 16.2. The lowest BCUT2D eigenvalue weighted by atomic mass is 10.0. The number of benzene rings is 1. The van der Waals surface area contributed by atoms with Crippen LogP contribution in [0.25, 0.3) is 0 Å². The van der Waals surface area contributed by atoms with Gasteiger partial charge in [-0.15, -0.1) is 0 Å². The molecule has 2 atom stereocenters. The van der Waals surface area contributed by atoms with E-state index in [1.165, 1.54) is 12.6 Å². The number of amides is 3. The second-order valence-corrected chi connectivity index (χ2v) is 5.85. The highest BCUT2D eigenvalue weighted by Crippen LogP contribution is 2.11. The number of thiophene rings is 1. The van der Waals surface area contributed by atoms with E-state index in [0.29, 0.717) is 6.54 Å². The summed E-state index contributed by atoms with van der Waals surface area (Å²) in [6.45, 7) is 0.713. The highest BCUT2D eigenvalue weighted by atomic mass is 32.1. The maximum absolute atomic E-state index is 12.5. The van der Waals surface area contributed by atoms with Crippen LogP contribution in [-0.4, -0.2) is 26.0 Å². The third-order valence-corrected chi connectivity index (χ3v) is 4.15. The number of hydrogen-bond donors (Lipinski definition) is 3. The molecule has 0 saturated carbocycles. The van der Waals surface area contributed by atoms with Gasteiger partial charge < -0.3 is 10.2 Å². The molecular formula is C16H20N3O2S+. The number of hydrogen-bond acceptors (Lipinski definition) is 3. The fourth-order valence-electron chi connectivity index (χ4n) is 2.37. The summed E-state index contributed by atoms with van der Waals surface area (Å²) in [4.78, 5) is 24.9. The summed E-state index contributed by atoms with van der Waals surface area (Å²) in [5.41, 5.74) is 2.06. The molecule has 1 aromatic carbocycles. The average molecular weight is 318 g/mol. The largest absolute Gasteiger partial charge is 0.341 e. The molecular weight excluding hydrogens is 298 g/mol. The molecule has 0 fully saturated rings. The number of carbonyl (C=O) groups excluding carboxylic acids is 2. The highest BCUT2D eigenvalue weighted by molar-refractivity contribution is 7.07. The van der Waals surface area contributed by atoms with Gasteiger partial charge in [0.05, 0.1) is 7.05 Å². The Kier molecular flexibility index (Phi) is 5.68. The third-order valence-electron chi connectivity index (χ3n) is 3.41. The van der Waals surface area contributed by atoms with Crippen LogP contribution in [0.4, 0.5) is 4.79 Å². The summed E-state index contributed by atoms with van der Waals surface area (Å²) in [5.74, 6) is -0.307. The van der Waals surface area contributed by atoms with Crippen molar-refractivity contribution in [1.82, 2.24) is 10.6 Å². The Morgan fingerprint density at radius 3 is 2.55 bits per heavy atom. The van der Waals surface area contributed by atoms with Gasteiger partial charge >= 0.3 is 6.03 Å². The van der Waals surface area contributed by atoms with Gasteiger partial charge in [-0.3, -0.25) is 10.1 Å². The molecule has 0 aliphatic carbocycles. The van der Waals surface area contributed by atoms with E-state index >= 15 is 0 Å². The van der Waals surface area contributed by atoms with Crippen LogP contribution in [0.15, 0.2) is 47.2 Å². The minimum absolute atomic E-state index is 0.307. The predicted molar refractivity (Wildman–Crippen MR) is 86.7 cm³/mol. The number of quaternary nitrogens is 1. The van der Waals surface area contributed by atoms with Gasteiger partial charge in [-0.1, -0.05) is 30.3 Å². The van der Waals surface area contributed by atoms with Crippen LogP contribution >= 0.6 is 11.3 Å². The Morgan fingerprint density at radius 2 is 1.95 bits per heavy atom. The maximum atomic E-state index is 12.5. The lowest BCUT2D eigenvalue weighted by Gasteiger charge is -2.24. The van der Waals surface area contributed by atoms with Crippen LogP contribution in [0.3, 0.4) is 0 Å². The van der Waals surface area contributed by atoms with Gasteiger partial charge in [-0.05, 0) is 16.8 Å². The Hall–Kier alpha value is -2.18. The summed E-state index contributed by atoms with van der Waals surface area (Å²) in [5, 5.41) is 8.88. The molecule has 22 heavy (non-hydrogen) atoms. The van der Waals surface area contributed by atoms with Gasteiger partial charge in [0.1, 0.15) is 6.54 Å². The van der Waals surface area contributed by atoms with Crippen LogP contribution < -0.4 is 15.5 Å². The van der Waals surface area contributed by atoms with E-state index in [4.69, 9.17) is 0 Å². The molecule has 0 spiro atoms. The number of urea groups is 1. The quantitative estimate of drug-likeness (QED) is 0.769. The zero-order chi connectivity index (χ0) is 15.9. The van der Waals surface area contributed by atoms with Crippen molar-refractivity contribution >= 4 is 23.3 Å². The number of nitrogens with one attached hydrogen (secondary N) is 3. The van der Waals surface area contributed by atoms with Crippen LogP contribution in [0.2, 0.25) is 0 Å². The van der Waals surface area contributed by atoms with Gasteiger partial charge in [0.15, 0.2) is 6.04 Å². The van der Waals surface area contributed by atoms with Crippen LogP contribution in [-0.2, 0) is 11.3 Å². The molecule has 0 bridgehead atoms. The Balaban J connectivity index is 2.21. The SMILES string of the molecule is CNC(=O)NC(=O)[C@@H](c1ccccc1)[NH+](C)Cc1ccsc1. The third kappa shape index (κ3) is 4.16. The second kappa shape index (κ2) is 7.72. The fraction of sp³-hybridized carbons (Fsp3) is 0.250. The summed E-state index contributed by atoms with van der Waals surface area (Å²) >= 11 is 1.63. The zero-order valence-electron chi connectivity index (χ0n) is 12.6. The fourth-order valence-corrected chi connectivity index (χ4v) is 3.04. The summed E-state index contributed by atoms with van der Waals surface area (Å²) in [6.07, 6.45) is 0. The van der Waals surface area contributed by atoms with Crippen LogP contribution in [0, 0.1) is 0 Å². The van der Waals surface area contributed by atoms with E-state index in [1.54, 1.807) is 11.3 Å². The van der Waals surface area contributed by atoms with Crippen molar-refractivity contribution < 1.29 is 14.5 Å². The monoisotopic (exact) mass is 318 g/mol. The maximum Gasteiger partial charge on any atom is 0.321 e. The first-order chi connectivity index (χ1) is 10.6. The molecule has 1 unspecified atom stereocenters. The molecule has 5 nitrogen and oxygen atoms in total. The van der Waals surface area contributed by atoms with E-state index in [1.807, 2.05) is 48.8 Å². The first-order valence-electron chi connectivity index (χ1n) is 7.02. The number of imide groups is 1. The molecule has 2 rings (SSSR count). The molecule has 6 heteroatoms. The topological polar surface area (TPSA) is 62.6 Å². The number of rotatable bonds is 5. The predicted octanol–water partition coefficient (Wildman–Crippen LogP) is 0.960. The standard InChI is InChI=1S/C16H19N3O2S/c1-17-16(21)18-15(20)14(13-6-4-3-5-7-13)19(2)10-12-8-9-22-11-12/h3-9,11,14H,10H2,1-2H3,(H2,17,18,20,21)/p+1/t14-/m1/s1. The molecule has 2 aromatic rings. The lowest BCUT2D eigenvalue weighted by molar-refractivity contribution is -0.916. The van der Waals surface area contributed by atoms with Gasteiger partial charge in [-0.25, -0.2) is 4.79 Å². The van der Waals surface area contributed by atoms with Crippen molar-refractivity contribution in [2.45, 2.75) is 12.6 Å². The van der Waals surface area contributed by atoms with Crippen molar-refractivity contribution in [2.24, 2.45) is 0 Å². The molecule has 3 N–H and O–H groups in total. The molecule has 0 aliphatic heterocycles. The van der Waals surface area contributed by atoms with Gasteiger partial charge in [0, 0.05) is 18.2 Å². The Bertz CT molecular complexity index is 614. The van der Waals surface area contributed by atoms with Crippen molar-refractivity contribution in [2.75, 3.05) is 14.1 Å². The van der Waals surface area contributed by atoms with Crippen molar-refractivity contribution in [3.63, 3.8) is 0 Å². The minimum Gasteiger partial charge on any atom is -0.341 e. The van der Waals surface area contributed by atoms with Gasteiger partial charge in [-0.2, -0.15) is 11.3 Å². The molecule has 0 saturated heterocycles. The lowest BCUT2D eigenvalue weighted by Crippen LogP contribution is -3.09. The molecule has 1 heterocycles. The van der Waals surface area contributed by atoms with Crippen molar-refractivity contribution in [3.8, 4) is 0 Å². The second-order valence-electron chi connectivity index (χ2n) is 5.07. The summed E-state index contributed by atoms with van der Waals surface area (Å²) in [7, 11) is 3.45. The van der Waals surface area contributed by atoms with Crippen molar-refractivity contribution in [3.05, 3.63) is 58.3 Å². The molecule has 0 aliphatic rings. The van der Waals surface area contributed by atoms with E-state index < -0.39 is 12.1 Å². The Labute approximate surface area is 134 Å². The highest BCUT2D eigenvalue weighted by Gasteiger charge is 2.30. The van der Waals surface area contributed by atoms with Gasteiger partial charge in [0.2, 0.25) is 0 Å². The average Bonchev–Trinajstić information content (AvgIpc) is 3.01. The van der Waals surface area contributed by atoms with Crippen LogP contribution in [0.1, 0.15) is 17.2 Å². The molecule has 1 aromatic heterocycles. The minimum atomic E-state index is -0.491. The number of likely N-dealkylation sites (N-methyl/N-ethyl adjacent to an activating group) is 1. The van der Waals surface area contributed by atoms with E-state index in [2.05, 4.69) is 16.0 Å². The van der Waals surface area contributed by atoms with E-state index in [0.717, 1.165) is 10.5 Å². The van der Waals surface area contributed by atoms with E-state index in [-0.39, 0.29) is 5.91 Å². The van der Waals surface area contributed by atoms with Gasteiger partial charge in [0.25, 0.3) is 5.91 Å². The summed E-state index contributed by atoms with van der Waals surface area (Å²) < 4.78 is 0. The molecule has 3 amide bonds. The zero-order valence-corrected chi connectivity index (χ0v) is 13.4. The number of carbonyl (C=O) groups is 2. The first-order valence-corrected chi connectivity index (χ1v) is 7.97. The molecule has 0 radical (unpaired) electrons. The van der Waals surface area contributed by atoms with Crippen LogP contribution in [0.5, 0.6) is 0 Å². The normalized spacial score (nSPS) is 13.2.